The Morgan fingerprint density at radius 1 is 0.966 bits per heavy atom. The number of hydrogen-bond donors (Lipinski definition) is 2. The summed E-state index contributed by atoms with van der Waals surface area (Å²) in [7, 11) is 5.25. The van der Waals surface area contributed by atoms with Crippen molar-refractivity contribution in [2.75, 3.05) is 24.9 Å². The van der Waals surface area contributed by atoms with E-state index in [0.717, 1.165) is 34.1 Å². The number of hydrogen-bond acceptors (Lipinski definition) is 6. The maximum atomic E-state index is 5.37. The van der Waals surface area contributed by atoms with Crippen LogP contribution in [0.5, 0.6) is 11.5 Å². The van der Waals surface area contributed by atoms with Gasteiger partial charge in [-0.3, -0.25) is 0 Å². The minimum Gasteiger partial charge on any atom is -0.493 e. The fraction of sp³-hybridized carbons (Fsp3) is 0.182. The minimum absolute atomic E-state index is 0.611. The molecule has 2 heterocycles. The second-order valence-electron chi connectivity index (χ2n) is 6.59. The highest BCUT2D eigenvalue weighted by atomic mass is 16.5. The summed E-state index contributed by atoms with van der Waals surface area (Å²) in [6.45, 7) is 0.611. The van der Waals surface area contributed by atoms with E-state index in [1.54, 1.807) is 20.4 Å². The number of para-hydroxylation sites is 1. The van der Waals surface area contributed by atoms with E-state index in [1.165, 1.54) is 0 Å². The molecule has 0 saturated heterocycles. The van der Waals surface area contributed by atoms with E-state index >= 15 is 0 Å². The van der Waals surface area contributed by atoms with Crippen LogP contribution in [0.3, 0.4) is 0 Å². The van der Waals surface area contributed by atoms with Crippen LogP contribution in [0.25, 0.3) is 11.0 Å². The van der Waals surface area contributed by atoms with Crippen molar-refractivity contribution in [3.63, 3.8) is 0 Å². The Labute approximate surface area is 169 Å². The predicted octanol–water partition coefficient (Wildman–Crippen LogP) is 4.34. The number of rotatable bonds is 7. The van der Waals surface area contributed by atoms with E-state index in [0.29, 0.717) is 18.0 Å². The van der Waals surface area contributed by atoms with E-state index < -0.39 is 0 Å². The van der Waals surface area contributed by atoms with Crippen LogP contribution in [-0.2, 0) is 13.6 Å². The number of nitrogens with one attached hydrogen (secondary N) is 2. The lowest BCUT2D eigenvalue weighted by atomic mass is 10.2. The standard InChI is InChI=1S/C22H23N5O2/c1-27-18-12-21(25-16-7-5-4-6-8-16)23-14-17(18)26-22(27)24-13-15-9-10-19(28-2)20(11-15)29-3/h4-12,14H,13H2,1-3H3,(H,23,25)(H,24,26). The molecule has 0 aliphatic heterocycles. The zero-order valence-electron chi connectivity index (χ0n) is 16.6. The van der Waals surface area contributed by atoms with E-state index in [1.807, 2.05) is 66.2 Å². The van der Waals surface area contributed by atoms with Crippen molar-refractivity contribution >= 4 is 28.5 Å². The van der Waals surface area contributed by atoms with Gasteiger partial charge in [-0.2, -0.15) is 0 Å². The molecule has 0 bridgehead atoms. The van der Waals surface area contributed by atoms with Gasteiger partial charge >= 0.3 is 0 Å². The van der Waals surface area contributed by atoms with Gasteiger partial charge in [0.25, 0.3) is 0 Å². The molecule has 29 heavy (non-hydrogen) atoms. The Morgan fingerprint density at radius 3 is 2.52 bits per heavy atom. The van der Waals surface area contributed by atoms with Gasteiger partial charge < -0.3 is 24.7 Å². The summed E-state index contributed by atoms with van der Waals surface area (Å²) in [5.74, 6) is 2.97. The summed E-state index contributed by atoms with van der Waals surface area (Å²) in [6.07, 6.45) is 1.78. The number of anilines is 3. The van der Waals surface area contributed by atoms with Gasteiger partial charge in [0.05, 0.1) is 25.9 Å². The summed E-state index contributed by atoms with van der Waals surface area (Å²) >= 11 is 0. The molecule has 0 saturated carbocycles. The first-order valence-corrected chi connectivity index (χ1v) is 9.27. The largest absolute Gasteiger partial charge is 0.493 e. The minimum atomic E-state index is 0.611. The summed E-state index contributed by atoms with van der Waals surface area (Å²) in [6, 6.07) is 17.8. The molecule has 0 fully saturated rings. The Balaban J connectivity index is 1.53. The SMILES string of the molecule is COc1ccc(CNc2nc3cnc(Nc4ccccc4)cc3n2C)cc1OC. The second-order valence-corrected chi connectivity index (χ2v) is 6.59. The van der Waals surface area contributed by atoms with Gasteiger partial charge in [0, 0.05) is 25.3 Å². The van der Waals surface area contributed by atoms with E-state index in [-0.39, 0.29) is 0 Å². The maximum absolute atomic E-state index is 5.37. The van der Waals surface area contributed by atoms with Gasteiger partial charge in [-0.25, -0.2) is 9.97 Å². The van der Waals surface area contributed by atoms with Crippen molar-refractivity contribution in [3.05, 3.63) is 66.4 Å². The molecule has 0 amide bonds. The zero-order valence-corrected chi connectivity index (χ0v) is 16.6. The third-order valence-electron chi connectivity index (χ3n) is 4.71. The van der Waals surface area contributed by atoms with Crippen LogP contribution in [0.1, 0.15) is 5.56 Å². The average Bonchev–Trinajstić information content (AvgIpc) is 3.08. The van der Waals surface area contributed by atoms with Crippen molar-refractivity contribution in [2.24, 2.45) is 7.05 Å². The lowest BCUT2D eigenvalue weighted by molar-refractivity contribution is 0.354. The number of benzene rings is 2. The van der Waals surface area contributed by atoms with Crippen molar-refractivity contribution in [2.45, 2.75) is 6.54 Å². The molecular formula is C22H23N5O2. The molecule has 2 aromatic carbocycles. The van der Waals surface area contributed by atoms with Gasteiger partial charge in [0.1, 0.15) is 11.3 Å². The monoisotopic (exact) mass is 389 g/mol. The third kappa shape index (κ3) is 3.94. The van der Waals surface area contributed by atoms with Gasteiger partial charge in [-0.1, -0.05) is 24.3 Å². The Bertz CT molecular complexity index is 1120. The fourth-order valence-electron chi connectivity index (χ4n) is 3.16. The predicted molar refractivity (Wildman–Crippen MR) is 115 cm³/mol. The van der Waals surface area contributed by atoms with Gasteiger partial charge in [0.15, 0.2) is 11.5 Å². The number of ether oxygens (including phenoxy) is 2. The molecule has 7 nitrogen and oxygen atoms in total. The van der Waals surface area contributed by atoms with Gasteiger partial charge in [-0.15, -0.1) is 0 Å². The van der Waals surface area contributed by atoms with Crippen LogP contribution in [0.2, 0.25) is 0 Å². The Kier molecular flexibility index (Phi) is 5.20. The van der Waals surface area contributed by atoms with Crippen LogP contribution >= 0.6 is 0 Å². The van der Waals surface area contributed by atoms with E-state index in [9.17, 15) is 0 Å². The second kappa shape index (κ2) is 8.10. The first kappa shape index (κ1) is 18.6. The quantitative estimate of drug-likeness (QED) is 0.490. The molecule has 2 aromatic heterocycles. The number of imidazole rings is 1. The summed E-state index contributed by atoms with van der Waals surface area (Å²) < 4.78 is 12.7. The van der Waals surface area contributed by atoms with Crippen LogP contribution in [0.15, 0.2) is 60.8 Å². The van der Waals surface area contributed by atoms with E-state index in [4.69, 9.17) is 9.47 Å². The number of pyridine rings is 1. The average molecular weight is 389 g/mol. The van der Waals surface area contributed by atoms with Crippen molar-refractivity contribution < 1.29 is 9.47 Å². The number of nitrogens with zero attached hydrogens (tertiary/aromatic N) is 3. The highest BCUT2D eigenvalue weighted by Gasteiger charge is 2.10. The normalized spacial score (nSPS) is 10.7. The van der Waals surface area contributed by atoms with Gasteiger partial charge in [-0.05, 0) is 29.8 Å². The molecule has 0 spiro atoms. The number of fused-ring (bicyclic) bond motifs is 1. The molecule has 148 valence electrons. The summed E-state index contributed by atoms with van der Waals surface area (Å²) in [5.41, 5.74) is 3.89. The highest BCUT2D eigenvalue weighted by Crippen LogP contribution is 2.28. The molecule has 0 aliphatic carbocycles. The highest BCUT2D eigenvalue weighted by molar-refractivity contribution is 5.81. The summed E-state index contributed by atoms with van der Waals surface area (Å²) in [5, 5.41) is 6.70. The molecule has 0 radical (unpaired) electrons. The molecule has 0 aliphatic rings. The van der Waals surface area contributed by atoms with Crippen molar-refractivity contribution in [1.29, 1.82) is 0 Å². The Hall–Kier alpha value is -3.74. The molecule has 7 heteroatoms. The number of aromatic nitrogens is 3. The zero-order chi connectivity index (χ0) is 20.2. The first-order chi connectivity index (χ1) is 14.2. The van der Waals surface area contributed by atoms with Crippen molar-refractivity contribution in [1.82, 2.24) is 14.5 Å². The topological polar surface area (TPSA) is 73.2 Å². The molecular weight excluding hydrogens is 366 g/mol. The number of methoxy groups -OCH3 is 2. The van der Waals surface area contributed by atoms with Gasteiger partial charge in [0.2, 0.25) is 5.95 Å². The smallest absolute Gasteiger partial charge is 0.203 e. The molecule has 2 N–H and O–H groups in total. The molecule has 4 aromatic rings. The van der Waals surface area contributed by atoms with Crippen LogP contribution in [0, 0.1) is 0 Å². The molecule has 0 unspecified atom stereocenters. The lowest BCUT2D eigenvalue weighted by Crippen LogP contribution is -2.05. The molecule has 4 rings (SSSR count). The third-order valence-corrected chi connectivity index (χ3v) is 4.71. The van der Waals surface area contributed by atoms with Crippen LogP contribution in [0.4, 0.5) is 17.5 Å². The maximum Gasteiger partial charge on any atom is 0.203 e. The fourth-order valence-corrected chi connectivity index (χ4v) is 3.16. The van der Waals surface area contributed by atoms with Crippen LogP contribution in [-0.4, -0.2) is 28.8 Å². The first-order valence-electron chi connectivity index (χ1n) is 9.27. The van der Waals surface area contributed by atoms with E-state index in [2.05, 4.69) is 20.6 Å². The number of aryl methyl sites for hydroxylation is 1. The lowest BCUT2D eigenvalue weighted by Gasteiger charge is -2.11. The van der Waals surface area contributed by atoms with Crippen LogP contribution < -0.4 is 20.1 Å². The summed E-state index contributed by atoms with van der Waals surface area (Å²) in [4.78, 5) is 9.13. The molecule has 0 atom stereocenters. The Morgan fingerprint density at radius 2 is 1.76 bits per heavy atom. The van der Waals surface area contributed by atoms with Crippen molar-refractivity contribution in [3.8, 4) is 11.5 Å².